The molecule has 88 valence electrons. The van der Waals surface area contributed by atoms with Gasteiger partial charge in [0.25, 0.3) is 0 Å². The molecule has 0 amide bonds. The lowest BCUT2D eigenvalue weighted by Gasteiger charge is -2.28. The van der Waals surface area contributed by atoms with Gasteiger partial charge in [-0.05, 0) is 49.5 Å². The predicted molar refractivity (Wildman–Crippen MR) is 65.6 cm³/mol. The molecule has 1 atom stereocenters. The van der Waals surface area contributed by atoms with Crippen LogP contribution in [0.2, 0.25) is 5.02 Å². The molecule has 1 heterocycles. The van der Waals surface area contributed by atoms with Crippen molar-refractivity contribution < 1.29 is 5.11 Å². The fourth-order valence-corrected chi connectivity index (χ4v) is 2.40. The van der Waals surface area contributed by atoms with E-state index in [1.54, 1.807) is 12.1 Å². The summed E-state index contributed by atoms with van der Waals surface area (Å²) in [5.74, 6) is 0.616. The first kappa shape index (κ1) is 11.7. The Hall–Kier alpha value is -0.770. The zero-order valence-electron chi connectivity index (χ0n) is 9.12. The van der Waals surface area contributed by atoms with Crippen molar-refractivity contribution >= 4 is 11.6 Å². The monoisotopic (exact) mass is 240 g/mol. The van der Waals surface area contributed by atoms with Crippen LogP contribution >= 0.6 is 11.6 Å². The number of piperidine rings is 1. The van der Waals surface area contributed by atoms with Crippen molar-refractivity contribution in [1.82, 2.24) is 5.32 Å². The predicted octanol–water partition coefficient (Wildman–Crippen LogP) is 2.04. The first-order valence-electron chi connectivity index (χ1n) is 5.63. The third-order valence-electron chi connectivity index (χ3n) is 3.25. The number of rotatable bonds is 2. The lowest BCUT2D eigenvalue weighted by Crippen LogP contribution is -2.33. The molecule has 1 fully saturated rings. The van der Waals surface area contributed by atoms with Crippen LogP contribution in [0.1, 0.15) is 24.4 Å². The lowest BCUT2D eigenvalue weighted by molar-refractivity contribution is 0.322. The second kappa shape index (κ2) is 5.04. The van der Waals surface area contributed by atoms with Crippen LogP contribution in [0.5, 0.6) is 5.75 Å². The van der Waals surface area contributed by atoms with Gasteiger partial charge in [0.1, 0.15) is 5.75 Å². The SMILES string of the molecule is N[C@@H](c1ccc(O)c(Cl)c1)C1CCNCC1. The molecule has 1 aliphatic heterocycles. The Balaban J connectivity index is 2.12. The first-order valence-corrected chi connectivity index (χ1v) is 6.01. The molecular weight excluding hydrogens is 224 g/mol. The maximum Gasteiger partial charge on any atom is 0.134 e. The second-order valence-electron chi connectivity index (χ2n) is 4.32. The van der Waals surface area contributed by atoms with Crippen LogP contribution in [-0.2, 0) is 0 Å². The number of nitrogens with two attached hydrogens (primary N) is 1. The van der Waals surface area contributed by atoms with E-state index < -0.39 is 0 Å². The van der Waals surface area contributed by atoms with E-state index in [2.05, 4.69) is 5.32 Å². The summed E-state index contributed by atoms with van der Waals surface area (Å²) in [6.45, 7) is 2.06. The van der Waals surface area contributed by atoms with Crippen molar-refractivity contribution in [3.05, 3.63) is 28.8 Å². The Kier molecular flexibility index (Phi) is 3.69. The first-order chi connectivity index (χ1) is 7.68. The van der Waals surface area contributed by atoms with Crippen LogP contribution in [0.15, 0.2) is 18.2 Å². The highest BCUT2D eigenvalue weighted by atomic mass is 35.5. The van der Waals surface area contributed by atoms with Crippen molar-refractivity contribution in [3.8, 4) is 5.75 Å². The number of halogens is 1. The maximum atomic E-state index is 9.35. The number of hydrogen-bond donors (Lipinski definition) is 3. The van der Waals surface area contributed by atoms with Gasteiger partial charge in [-0.3, -0.25) is 0 Å². The van der Waals surface area contributed by atoms with Crippen LogP contribution in [0, 0.1) is 5.92 Å². The quantitative estimate of drug-likeness (QED) is 0.742. The van der Waals surface area contributed by atoms with E-state index in [9.17, 15) is 5.11 Å². The summed E-state index contributed by atoms with van der Waals surface area (Å²) >= 11 is 5.88. The molecule has 0 aliphatic carbocycles. The molecule has 16 heavy (non-hydrogen) atoms. The minimum Gasteiger partial charge on any atom is -0.506 e. The van der Waals surface area contributed by atoms with E-state index in [0.717, 1.165) is 31.5 Å². The number of benzene rings is 1. The zero-order chi connectivity index (χ0) is 11.5. The Morgan fingerprint density at radius 1 is 1.38 bits per heavy atom. The van der Waals surface area contributed by atoms with E-state index in [1.165, 1.54) is 0 Å². The fraction of sp³-hybridized carbons (Fsp3) is 0.500. The molecule has 1 saturated heterocycles. The number of phenols is 1. The van der Waals surface area contributed by atoms with Gasteiger partial charge in [0.15, 0.2) is 0 Å². The molecule has 1 aliphatic rings. The smallest absolute Gasteiger partial charge is 0.134 e. The van der Waals surface area contributed by atoms with Gasteiger partial charge in [0.2, 0.25) is 0 Å². The average molecular weight is 241 g/mol. The summed E-state index contributed by atoms with van der Waals surface area (Å²) in [5, 5.41) is 13.0. The summed E-state index contributed by atoms with van der Waals surface area (Å²) in [6, 6.07) is 5.25. The van der Waals surface area contributed by atoms with E-state index in [0.29, 0.717) is 10.9 Å². The third-order valence-corrected chi connectivity index (χ3v) is 3.55. The van der Waals surface area contributed by atoms with Gasteiger partial charge in [0, 0.05) is 6.04 Å². The normalized spacial score (nSPS) is 19.6. The fourth-order valence-electron chi connectivity index (χ4n) is 2.21. The Labute approximate surface area is 101 Å². The van der Waals surface area contributed by atoms with E-state index in [1.807, 2.05) is 6.07 Å². The van der Waals surface area contributed by atoms with Gasteiger partial charge in [-0.1, -0.05) is 17.7 Å². The molecule has 0 bridgehead atoms. The third kappa shape index (κ3) is 2.48. The number of phenolic OH excluding ortho intramolecular Hbond substituents is 1. The highest BCUT2D eigenvalue weighted by molar-refractivity contribution is 6.32. The number of nitrogens with one attached hydrogen (secondary N) is 1. The molecule has 0 aromatic heterocycles. The Morgan fingerprint density at radius 3 is 2.69 bits per heavy atom. The van der Waals surface area contributed by atoms with Crippen LogP contribution < -0.4 is 11.1 Å². The van der Waals surface area contributed by atoms with Crippen molar-refractivity contribution in [2.75, 3.05) is 13.1 Å². The summed E-state index contributed by atoms with van der Waals surface area (Å²) in [4.78, 5) is 0. The van der Waals surface area contributed by atoms with Crippen molar-refractivity contribution in [2.45, 2.75) is 18.9 Å². The molecule has 3 nitrogen and oxygen atoms in total. The Bertz CT molecular complexity index is 364. The largest absolute Gasteiger partial charge is 0.506 e. The van der Waals surface area contributed by atoms with E-state index in [4.69, 9.17) is 17.3 Å². The highest BCUT2D eigenvalue weighted by Gasteiger charge is 2.22. The van der Waals surface area contributed by atoms with Gasteiger partial charge in [0.05, 0.1) is 5.02 Å². The highest BCUT2D eigenvalue weighted by Crippen LogP contribution is 2.31. The average Bonchev–Trinajstić information content (AvgIpc) is 2.33. The summed E-state index contributed by atoms with van der Waals surface area (Å²) < 4.78 is 0. The molecule has 4 heteroatoms. The molecule has 0 spiro atoms. The maximum absolute atomic E-state index is 9.35. The topological polar surface area (TPSA) is 58.3 Å². The van der Waals surface area contributed by atoms with Crippen LogP contribution in [0.25, 0.3) is 0 Å². The van der Waals surface area contributed by atoms with Crippen molar-refractivity contribution in [2.24, 2.45) is 11.7 Å². The van der Waals surface area contributed by atoms with Gasteiger partial charge in [-0.15, -0.1) is 0 Å². The summed E-state index contributed by atoms with van der Waals surface area (Å²) in [6.07, 6.45) is 2.19. The molecule has 0 radical (unpaired) electrons. The molecule has 1 aromatic carbocycles. The van der Waals surface area contributed by atoms with Crippen LogP contribution in [0.4, 0.5) is 0 Å². The zero-order valence-corrected chi connectivity index (χ0v) is 9.87. The summed E-state index contributed by atoms with van der Waals surface area (Å²) in [7, 11) is 0. The van der Waals surface area contributed by atoms with E-state index in [-0.39, 0.29) is 11.8 Å². The van der Waals surface area contributed by atoms with Crippen molar-refractivity contribution in [3.63, 3.8) is 0 Å². The van der Waals surface area contributed by atoms with E-state index >= 15 is 0 Å². The van der Waals surface area contributed by atoms with Crippen LogP contribution in [-0.4, -0.2) is 18.2 Å². The van der Waals surface area contributed by atoms with Gasteiger partial charge >= 0.3 is 0 Å². The van der Waals surface area contributed by atoms with Crippen molar-refractivity contribution in [1.29, 1.82) is 0 Å². The standard InChI is InChI=1S/C12H17ClN2O/c13-10-7-9(1-2-11(10)16)12(14)8-3-5-15-6-4-8/h1-2,7-8,12,15-16H,3-6,14H2/t12-/m1/s1. The molecule has 4 N–H and O–H groups in total. The minimum atomic E-state index is 0.0141. The minimum absolute atomic E-state index is 0.0141. The van der Waals surface area contributed by atoms with Crippen LogP contribution in [0.3, 0.4) is 0 Å². The van der Waals surface area contributed by atoms with Gasteiger partial charge in [-0.25, -0.2) is 0 Å². The van der Waals surface area contributed by atoms with Gasteiger partial charge < -0.3 is 16.2 Å². The van der Waals surface area contributed by atoms with Gasteiger partial charge in [-0.2, -0.15) is 0 Å². The second-order valence-corrected chi connectivity index (χ2v) is 4.73. The molecule has 1 aromatic rings. The molecule has 0 unspecified atom stereocenters. The molecular formula is C12H17ClN2O. The number of aromatic hydroxyl groups is 1. The Morgan fingerprint density at radius 2 is 2.06 bits per heavy atom. The molecule has 0 saturated carbocycles. The summed E-state index contributed by atoms with van der Waals surface area (Å²) in [5.41, 5.74) is 7.23. The number of hydrogen-bond acceptors (Lipinski definition) is 3. The molecule has 2 rings (SSSR count). The lowest BCUT2D eigenvalue weighted by atomic mass is 9.86.